The van der Waals surface area contributed by atoms with Crippen molar-refractivity contribution in [1.29, 1.82) is 0 Å². The number of aromatic nitrogens is 4. The highest BCUT2D eigenvalue weighted by Gasteiger charge is 2.12. The molecule has 9 nitrogen and oxygen atoms in total. The van der Waals surface area contributed by atoms with Gasteiger partial charge in [0.05, 0.1) is 12.2 Å². The number of nitrogens with zero attached hydrogens (tertiary/aromatic N) is 3. The van der Waals surface area contributed by atoms with Gasteiger partial charge in [0.1, 0.15) is 0 Å². The van der Waals surface area contributed by atoms with Gasteiger partial charge < -0.3 is 9.84 Å². The highest BCUT2D eigenvalue weighted by atomic mass is 35.5. The van der Waals surface area contributed by atoms with Crippen LogP contribution in [-0.2, 0) is 6.54 Å². The van der Waals surface area contributed by atoms with Crippen LogP contribution in [0.2, 0.25) is 5.02 Å². The fraction of sp³-hybridized carbons (Fsp3) is 0.0500. The van der Waals surface area contributed by atoms with Gasteiger partial charge >= 0.3 is 0 Å². The standard InChI is InChI=1S/C20H14ClN5O4/c21-14-6-4-12(5-7-14)19-23-17(30-25-19)11-22-20(29)13-2-1-3-15(10-13)26-18(28)9-8-16(27)24-26/h1-10H,11H2,(H,22,29)(H,24,27). The zero-order valence-electron chi connectivity index (χ0n) is 15.3. The average molecular weight is 424 g/mol. The molecule has 0 spiro atoms. The van der Waals surface area contributed by atoms with E-state index >= 15 is 0 Å². The lowest BCUT2D eigenvalue weighted by atomic mass is 10.2. The number of rotatable bonds is 5. The lowest BCUT2D eigenvalue weighted by Gasteiger charge is -2.07. The van der Waals surface area contributed by atoms with Crippen molar-refractivity contribution < 1.29 is 9.32 Å². The predicted octanol–water partition coefficient (Wildman–Crippen LogP) is 2.16. The van der Waals surface area contributed by atoms with Crippen molar-refractivity contribution in [2.24, 2.45) is 0 Å². The molecule has 0 aliphatic carbocycles. The highest BCUT2D eigenvalue weighted by Crippen LogP contribution is 2.18. The monoisotopic (exact) mass is 423 g/mol. The van der Waals surface area contributed by atoms with E-state index in [9.17, 15) is 14.4 Å². The highest BCUT2D eigenvalue weighted by molar-refractivity contribution is 6.30. The summed E-state index contributed by atoms with van der Waals surface area (Å²) in [5.41, 5.74) is 0.524. The predicted molar refractivity (Wildman–Crippen MR) is 109 cm³/mol. The van der Waals surface area contributed by atoms with E-state index in [1.165, 1.54) is 6.07 Å². The second-order valence-corrected chi connectivity index (χ2v) is 6.67. The number of carbonyl (C=O) groups is 1. The normalized spacial score (nSPS) is 10.7. The molecule has 4 aromatic rings. The number of carbonyl (C=O) groups excluding carboxylic acids is 1. The molecule has 0 radical (unpaired) electrons. The summed E-state index contributed by atoms with van der Waals surface area (Å²) in [6, 6.07) is 15.5. The molecule has 150 valence electrons. The molecule has 0 unspecified atom stereocenters. The van der Waals surface area contributed by atoms with E-state index in [1.807, 2.05) is 0 Å². The molecule has 30 heavy (non-hydrogen) atoms. The van der Waals surface area contributed by atoms with Gasteiger partial charge in [-0.1, -0.05) is 22.8 Å². The van der Waals surface area contributed by atoms with E-state index in [0.717, 1.165) is 22.4 Å². The third-order valence-electron chi connectivity index (χ3n) is 4.16. The maximum Gasteiger partial charge on any atom is 0.269 e. The van der Waals surface area contributed by atoms with Gasteiger partial charge in [-0.3, -0.25) is 19.5 Å². The second kappa shape index (κ2) is 8.18. The van der Waals surface area contributed by atoms with Crippen molar-refractivity contribution in [3.63, 3.8) is 0 Å². The molecule has 0 atom stereocenters. The van der Waals surface area contributed by atoms with Gasteiger partial charge in [-0.2, -0.15) is 4.98 Å². The first-order valence-corrected chi connectivity index (χ1v) is 9.17. The van der Waals surface area contributed by atoms with Gasteiger partial charge in [-0.05, 0) is 42.5 Å². The van der Waals surface area contributed by atoms with Crippen LogP contribution in [-0.4, -0.2) is 25.8 Å². The number of hydrogen-bond donors (Lipinski definition) is 2. The molecular weight excluding hydrogens is 410 g/mol. The lowest BCUT2D eigenvalue weighted by molar-refractivity contribution is 0.0946. The molecule has 0 aliphatic rings. The van der Waals surface area contributed by atoms with Crippen LogP contribution in [0.3, 0.4) is 0 Å². The Labute approximate surface area is 173 Å². The molecule has 0 fully saturated rings. The minimum atomic E-state index is -0.433. The summed E-state index contributed by atoms with van der Waals surface area (Å²) in [7, 11) is 0. The number of H-pyrrole nitrogens is 1. The third-order valence-corrected chi connectivity index (χ3v) is 4.41. The van der Waals surface area contributed by atoms with Gasteiger partial charge in [0.15, 0.2) is 0 Å². The summed E-state index contributed by atoms with van der Waals surface area (Å²) in [4.78, 5) is 40.2. The molecular formula is C20H14ClN5O4. The first-order chi connectivity index (χ1) is 14.5. The van der Waals surface area contributed by atoms with Crippen LogP contribution in [0, 0.1) is 0 Å². The zero-order chi connectivity index (χ0) is 21.1. The molecule has 0 aliphatic heterocycles. The summed E-state index contributed by atoms with van der Waals surface area (Å²) in [5.74, 6) is 0.202. The Bertz CT molecular complexity index is 1320. The van der Waals surface area contributed by atoms with Crippen molar-refractivity contribution in [3.05, 3.63) is 97.8 Å². The minimum Gasteiger partial charge on any atom is -0.343 e. The van der Waals surface area contributed by atoms with Crippen LogP contribution in [0.5, 0.6) is 0 Å². The van der Waals surface area contributed by atoms with Crippen LogP contribution in [0.1, 0.15) is 16.2 Å². The van der Waals surface area contributed by atoms with Crippen molar-refractivity contribution >= 4 is 17.5 Å². The first kappa shape index (κ1) is 19.3. The van der Waals surface area contributed by atoms with Crippen LogP contribution < -0.4 is 16.4 Å². The summed E-state index contributed by atoms with van der Waals surface area (Å²) in [6.45, 7) is 0.0196. The smallest absolute Gasteiger partial charge is 0.269 e. The number of benzene rings is 2. The van der Waals surface area contributed by atoms with Crippen LogP contribution in [0.25, 0.3) is 17.1 Å². The summed E-state index contributed by atoms with van der Waals surface area (Å²) in [5, 5.41) is 9.57. The van der Waals surface area contributed by atoms with Crippen LogP contribution in [0.15, 0.2) is 74.8 Å². The van der Waals surface area contributed by atoms with E-state index in [0.29, 0.717) is 22.1 Å². The number of hydrogen-bond acceptors (Lipinski definition) is 6. The van der Waals surface area contributed by atoms with E-state index in [-0.39, 0.29) is 12.4 Å². The van der Waals surface area contributed by atoms with Gasteiger partial charge in [0.25, 0.3) is 17.0 Å². The summed E-state index contributed by atoms with van der Waals surface area (Å²) < 4.78 is 6.23. The third kappa shape index (κ3) is 4.20. The van der Waals surface area contributed by atoms with Crippen molar-refractivity contribution in [1.82, 2.24) is 25.2 Å². The molecule has 10 heteroatoms. The Morgan fingerprint density at radius 1 is 1.10 bits per heavy atom. The maximum atomic E-state index is 12.5. The molecule has 2 aromatic heterocycles. The molecule has 4 rings (SSSR count). The zero-order valence-corrected chi connectivity index (χ0v) is 16.1. The van der Waals surface area contributed by atoms with Crippen LogP contribution >= 0.6 is 11.6 Å². The van der Waals surface area contributed by atoms with Gasteiger partial charge in [-0.15, -0.1) is 0 Å². The number of halogens is 1. The Hall–Kier alpha value is -3.98. The van der Waals surface area contributed by atoms with E-state index in [2.05, 4.69) is 20.6 Å². The molecule has 2 N–H and O–H groups in total. The van der Waals surface area contributed by atoms with Crippen molar-refractivity contribution in [2.75, 3.05) is 0 Å². The molecule has 2 heterocycles. The Morgan fingerprint density at radius 3 is 2.70 bits per heavy atom. The Kier molecular flexibility index (Phi) is 5.27. The summed E-state index contributed by atoms with van der Waals surface area (Å²) in [6.07, 6.45) is 0. The number of amides is 1. The molecule has 2 aromatic carbocycles. The van der Waals surface area contributed by atoms with Crippen molar-refractivity contribution in [2.45, 2.75) is 6.54 Å². The molecule has 0 saturated heterocycles. The maximum absolute atomic E-state index is 12.5. The SMILES string of the molecule is O=C(NCc1nc(-c2ccc(Cl)cc2)no1)c1cccc(-n2[nH]c(=O)ccc2=O)c1. The average Bonchev–Trinajstić information content (AvgIpc) is 3.23. The lowest BCUT2D eigenvalue weighted by Crippen LogP contribution is -2.27. The Morgan fingerprint density at radius 2 is 1.90 bits per heavy atom. The topological polar surface area (TPSA) is 123 Å². The van der Waals surface area contributed by atoms with Gasteiger partial charge in [0.2, 0.25) is 11.7 Å². The second-order valence-electron chi connectivity index (χ2n) is 6.23. The molecule has 0 bridgehead atoms. The first-order valence-electron chi connectivity index (χ1n) is 8.79. The minimum absolute atomic E-state index is 0.0196. The van der Waals surface area contributed by atoms with E-state index in [1.54, 1.807) is 42.5 Å². The van der Waals surface area contributed by atoms with Crippen LogP contribution in [0.4, 0.5) is 0 Å². The van der Waals surface area contributed by atoms with E-state index in [4.69, 9.17) is 16.1 Å². The number of aromatic amines is 1. The van der Waals surface area contributed by atoms with Gasteiger partial charge in [0, 0.05) is 28.3 Å². The van der Waals surface area contributed by atoms with E-state index < -0.39 is 17.0 Å². The number of nitrogens with one attached hydrogen (secondary N) is 2. The molecule has 1 amide bonds. The van der Waals surface area contributed by atoms with Crippen molar-refractivity contribution in [3.8, 4) is 17.1 Å². The summed E-state index contributed by atoms with van der Waals surface area (Å²) >= 11 is 5.87. The fourth-order valence-corrected chi connectivity index (χ4v) is 2.83. The fourth-order valence-electron chi connectivity index (χ4n) is 2.70. The quantitative estimate of drug-likeness (QED) is 0.507. The largest absolute Gasteiger partial charge is 0.343 e. The van der Waals surface area contributed by atoms with Gasteiger partial charge in [-0.25, -0.2) is 4.68 Å². The molecule has 0 saturated carbocycles. The Balaban J connectivity index is 1.47.